The van der Waals surface area contributed by atoms with Crippen molar-refractivity contribution in [3.05, 3.63) is 35.9 Å². The first kappa shape index (κ1) is 13.6. The van der Waals surface area contributed by atoms with Gasteiger partial charge >= 0.3 is 0 Å². The second kappa shape index (κ2) is 6.37. The molecular weight excluding hydrogens is 290 g/mol. The van der Waals surface area contributed by atoms with E-state index >= 15 is 0 Å². The Balaban J connectivity index is 2.07. The van der Waals surface area contributed by atoms with E-state index in [0.717, 1.165) is 6.54 Å². The van der Waals surface area contributed by atoms with Crippen molar-refractivity contribution < 1.29 is 4.79 Å². The Morgan fingerprint density at radius 1 is 1.39 bits per heavy atom. The first-order valence-electron chi connectivity index (χ1n) is 6.61. The average Bonchev–Trinajstić information content (AvgIpc) is 2.34. The van der Waals surface area contributed by atoms with Crippen LogP contribution in [0.2, 0.25) is 0 Å². The van der Waals surface area contributed by atoms with E-state index in [1.165, 1.54) is 24.8 Å². The topological polar surface area (TPSA) is 20.3 Å². The smallest absolute Gasteiger partial charge is 0.233 e. The number of amides is 1. The minimum atomic E-state index is 0.193. The summed E-state index contributed by atoms with van der Waals surface area (Å²) >= 11 is 3.29. The minimum absolute atomic E-state index is 0.193. The van der Waals surface area contributed by atoms with E-state index in [1.54, 1.807) is 0 Å². The van der Waals surface area contributed by atoms with Crippen LogP contribution >= 0.6 is 15.9 Å². The zero-order valence-corrected chi connectivity index (χ0v) is 12.4. The number of benzene rings is 1. The predicted octanol–water partition coefficient (Wildman–Crippen LogP) is 3.60. The summed E-state index contributed by atoms with van der Waals surface area (Å²) in [5, 5.41) is 0.414. The zero-order valence-electron chi connectivity index (χ0n) is 10.8. The van der Waals surface area contributed by atoms with Crippen molar-refractivity contribution in [1.82, 2.24) is 4.90 Å². The van der Waals surface area contributed by atoms with Gasteiger partial charge in [0.15, 0.2) is 0 Å². The molecule has 0 spiro atoms. The van der Waals surface area contributed by atoms with Crippen LogP contribution in [-0.4, -0.2) is 22.2 Å². The molecule has 98 valence electrons. The highest BCUT2D eigenvalue weighted by atomic mass is 79.9. The van der Waals surface area contributed by atoms with E-state index in [0.29, 0.717) is 17.3 Å². The average molecular weight is 310 g/mol. The van der Waals surface area contributed by atoms with Gasteiger partial charge in [0.1, 0.15) is 0 Å². The standard InChI is InChI=1S/C15H20BrNO/c1-12(14-8-5-9-14)17(15(18)10-16)11-13-6-3-2-4-7-13/h2-4,6-7,12,14H,5,8-11H2,1H3. The zero-order chi connectivity index (χ0) is 13.0. The summed E-state index contributed by atoms with van der Waals surface area (Å²) in [7, 11) is 0. The van der Waals surface area contributed by atoms with E-state index in [1.807, 2.05) is 23.1 Å². The number of carbonyl (C=O) groups is 1. The summed E-state index contributed by atoms with van der Waals surface area (Å²) in [6.07, 6.45) is 3.85. The van der Waals surface area contributed by atoms with Gasteiger partial charge in [-0.25, -0.2) is 0 Å². The van der Waals surface area contributed by atoms with Crippen LogP contribution in [0.5, 0.6) is 0 Å². The molecule has 1 amide bonds. The van der Waals surface area contributed by atoms with E-state index in [-0.39, 0.29) is 5.91 Å². The molecule has 1 atom stereocenters. The Hall–Kier alpha value is -0.830. The van der Waals surface area contributed by atoms with Crippen molar-refractivity contribution in [2.75, 3.05) is 5.33 Å². The molecule has 1 aliphatic carbocycles. The maximum Gasteiger partial charge on any atom is 0.233 e. The van der Waals surface area contributed by atoms with Crippen LogP contribution < -0.4 is 0 Å². The molecule has 0 aliphatic heterocycles. The molecule has 1 fully saturated rings. The van der Waals surface area contributed by atoms with Crippen LogP contribution in [0.3, 0.4) is 0 Å². The summed E-state index contributed by atoms with van der Waals surface area (Å²) in [6, 6.07) is 10.6. The van der Waals surface area contributed by atoms with Gasteiger partial charge in [-0.15, -0.1) is 0 Å². The predicted molar refractivity (Wildman–Crippen MR) is 77.6 cm³/mol. The van der Waals surface area contributed by atoms with Crippen molar-refractivity contribution in [3.8, 4) is 0 Å². The Kier molecular flexibility index (Phi) is 4.81. The monoisotopic (exact) mass is 309 g/mol. The number of rotatable bonds is 5. The van der Waals surface area contributed by atoms with E-state index < -0.39 is 0 Å². The Bertz CT molecular complexity index is 389. The molecule has 1 aromatic rings. The van der Waals surface area contributed by atoms with Crippen LogP contribution in [0.25, 0.3) is 0 Å². The van der Waals surface area contributed by atoms with Gasteiger partial charge in [-0.05, 0) is 31.2 Å². The third kappa shape index (κ3) is 3.14. The summed E-state index contributed by atoms with van der Waals surface area (Å²) in [4.78, 5) is 14.1. The molecular formula is C15H20BrNO. The summed E-state index contributed by atoms with van der Waals surface area (Å²) in [6.45, 7) is 2.91. The first-order valence-corrected chi connectivity index (χ1v) is 7.74. The van der Waals surface area contributed by atoms with Crippen molar-refractivity contribution >= 4 is 21.8 Å². The quantitative estimate of drug-likeness (QED) is 0.761. The third-order valence-corrected chi connectivity index (χ3v) is 4.43. The van der Waals surface area contributed by atoms with Crippen LogP contribution in [0.1, 0.15) is 31.7 Å². The van der Waals surface area contributed by atoms with Gasteiger partial charge in [0.05, 0.1) is 5.33 Å². The van der Waals surface area contributed by atoms with E-state index in [2.05, 4.69) is 35.0 Å². The minimum Gasteiger partial charge on any atom is -0.335 e. The van der Waals surface area contributed by atoms with Gasteiger partial charge in [-0.2, -0.15) is 0 Å². The van der Waals surface area contributed by atoms with Gasteiger partial charge in [0.2, 0.25) is 5.91 Å². The number of alkyl halides is 1. The molecule has 1 aromatic carbocycles. The Labute approximate surface area is 117 Å². The van der Waals surface area contributed by atoms with Gasteiger partial charge < -0.3 is 4.90 Å². The molecule has 0 N–H and O–H groups in total. The van der Waals surface area contributed by atoms with Gasteiger partial charge in [0, 0.05) is 12.6 Å². The van der Waals surface area contributed by atoms with Gasteiger partial charge in [-0.3, -0.25) is 4.79 Å². The highest BCUT2D eigenvalue weighted by molar-refractivity contribution is 9.09. The maximum atomic E-state index is 12.1. The third-order valence-electron chi connectivity index (χ3n) is 3.95. The number of carbonyl (C=O) groups excluding carboxylic acids is 1. The largest absolute Gasteiger partial charge is 0.335 e. The molecule has 0 aromatic heterocycles. The van der Waals surface area contributed by atoms with E-state index in [9.17, 15) is 4.79 Å². The van der Waals surface area contributed by atoms with Crippen LogP contribution in [-0.2, 0) is 11.3 Å². The fraction of sp³-hybridized carbons (Fsp3) is 0.533. The van der Waals surface area contributed by atoms with Crippen molar-refractivity contribution in [2.45, 2.75) is 38.8 Å². The molecule has 0 saturated heterocycles. The number of nitrogens with zero attached hydrogens (tertiary/aromatic N) is 1. The second-order valence-corrected chi connectivity index (χ2v) is 5.63. The summed E-state index contributed by atoms with van der Waals surface area (Å²) in [5.41, 5.74) is 1.21. The van der Waals surface area contributed by atoms with Crippen molar-refractivity contribution in [3.63, 3.8) is 0 Å². The lowest BCUT2D eigenvalue weighted by atomic mass is 9.79. The fourth-order valence-electron chi connectivity index (χ4n) is 2.49. The Morgan fingerprint density at radius 3 is 2.56 bits per heavy atom. The van der Waals surface area contributed by atoms with Crippen LogP contribution in [0.15, 0.2) is 30.3 Å². The van der Waals surface area contributed by atoms with E-state index in [4.69, 9.17) is 0 Å². The summed E-state index contributed by atoms with van der Waals surface area (Å²) in [5.74, 6) is 0.884. The van der Waals surface area contributed by atoms with Gasteiger partial charge in [0.25, 0.3) is 0 Å². The van der Waals surface area contributed by atoms with Crippen molar-refractivity contribution in [1.29, 1.82) is 0 Å². The lowest BCUT2D eigenvalue weighted by molar-refractivity contribution is -0.132. The molecule has 2 rings (SSSR count). The molecule has 1 aliphatic rings. The maximum absolute atomic E-state index is 12.1. The molecule has 1 unspecified atom stereocenters. The fourth-order valence-corrected chi connectivity index (χ4v) is 2.81. The molecule has 0 bridgehead atoms. The highest BCUT2D eigenvalue weighted by Crippen LogP contribution is 2.32. The SMILES string of the molecule is CC(C1CCC1)N(Cc1ccccc1)C(=O)CBr. The lowest BCUT2D eigenvalue weighted by Crippen LogP contribution is -2.44. The molecule has 0 radical (unpaired) electrons. The molecule has 2 nitrogen and oxygen atoms in total. The highest BCUT2D eigenvalue weighted by Gasteiger charge is 2.30. The van der Waals surface area contributed by atoms with Gasteiger partial charge in [-0.1, -0.05) is 52.7 Å². The second-order valence-electron chi connectivity index (χ2n) is 5.07. The number of hydrogen-bond acceptors (Lipinski definition) is 1. The van der Waals surface area contributed by atoms with Crippen LogP contribution in [0.4, 0.5) is 0 Å². The Morgan fingerprint density at radius 2 is 2.06 bits per heavy atom. The lowest BCUT2D eigenvalue weighted by Gasteiger charge is -2.39. The summed E-state index contributed by atoms with van der Waals surface area (Å²) < 4.78 is 0. The van der Waals surface area contributed by atoms with Crippen LogP contribution in [0, 0.1) is 5.92 Å². The molecule has 1 saturated carbocycles. The van der Waals surface area contributed by atoms with Crippen molar-refractivity contribution in [2.24, 2.45) is 5.92 Å². The normalized spacial score (nSPS) is 17.0. The first-order chi connectivity index (χ1) is 8.72. The molecule has 3 heteroatoms. The number of halogens is 1. The number of hydrogen-bond donors (Lipinski definition) is 0. The molecule has 0 heterocycles. The molecule has 18 heavy (non-hydrogen) atoms.